The van der Waals surface area contributed by atoms with E-state index in [2.05, 4.69) is 5.32 Å². The van der Waals surface area contributed by atoms with Gasteiger partial charge in [-0.3, -0.25) is 0 Å². The molecule has 0 amide bonds. The maximum atomic E-state index is 13.8. The van der Waals surface area contributed by atoms with Gasteiger partial charge in [0.05, 0.1) is 6.04 Å². The maximum Gasteiger partial charge on any atom is 0.257 e. The Morgan fingerprint density at radius 1 is 1.24 bits per heavy atom. The van der Waals surface area contributed by atoms with Gasteiger partial charge in [-0.25, -0.2) is 13.2 Å². The van der Waals surface area contributed by atoms with Crippen LogP contribution in [0.3, 0.4) is 0 Å². The zero-order valence-corrected chi connectivity index (χ0v) is 10.4. The van der Waals surface area contributed by atoms with Crippen molar-refractivity contribution in [3.8, 4) is 0 Å². The molecule has 0 aliphatic carbocycles. The lowest BCUT2D eigenvalue weighted by Gasteiger charge is -2.21. The van der Waals surface area contributed by atoms with E-state index < -0.39 is 18.3 Å². The number of hydrogen-bond donors (Lipinski definition) is 1. The molecule has 0 aliphatic rings. The van der Waals surface area contributed by atoms with Gasteiger partial charge in [0.15, 0.2) is 0 Å². The van der Waals surface area contributed by atoms with Crippen LogP contribution in [0.2, 0.25) is 0 Å². The monoisotopic (exact) mass is 245 g/mol. The van der Waals surface area contributed by atoms with Crippen LogP contribution in [0.1, 0.15) is 36.1 Å². The van der Waals surface area contributed by atoms with Gasteiger partial charge in [-0.15, -0.1) is 0 Å². The Balaban J connectivity index is 3.09. The smallest absolute Gasteiger partial charge is 0.257 e. The predicted molar refractivity (Wildman–Crippen MR) is 62.9 cm³/mol. The Kier molecular flexibility index (Phi) is 5.00. The van der Waals surface area contributed by atoms with E-state index >= 15 is 0 Å². The van der Waals surface area contributed by atoms with Gasteiger partial charge < -0.3 is 5.32 Å². The molecule has 0 aliphatic heterocycles. The lowest BCUT2D eigenvalue weighted by Crippen LogP contribution is -2.29. The number of benzene rings is 1. The Labute approximate surface area is 100 Å². The molecule has 1 aromatic rings. The molecule has 1 N–H and O–H groups in total. The SMILES string of the molecule is CCCNC(c1c(C)cc(C)cc1F)C(F)F. The van der Waals surface area contributed by atoms with Crippen LogP contribution >= 0.6 is 0 Å². The third-order valence-corrected chi connectivity index (χ3v) is 2.66. The second-order valence-electron chi connectivity index (χ2n) is 4.24. The number of rotatable bonds is 5. The molecule has 1 atom stereocenters. The molecule has 4 heteroatoms. The third kappa shape index (κ3) is 3.46. The Morgan fingerprint density at radius 3 is 2.35 bits per heavy atom. The fourth-order valence-corrected chi connectivity index (χ4v) is 1.94. The van der Waals surface area contributed by atoms with Gasteiger partial charge in [0.2, 0.25) is 0 Å². The van der Waals surface area contributed by atoms with Gasteiger partial charge in [0.1, 0.15) is 5.82 Å². The van der Waals surface area contributed by atoms with Gasteiger partial charge in [0.25, 0.3) is 6.43 Å². The molecule has 1 nitrogen and oxygen atoms in total. The van der Waals surface area contributed by atoms with Crippen LogP contribution in [-0.4, -0.2) is 13.0 Å². The first-order valence-corrected chi connectivity index (χ1v) is 5.75. The topological polar surface area (TPSA) is 12.0 Å². The van der Waals surface area contributed by atoms with Crippen LogP contribution < -0.4 is 5.32 Å². The molecular formula is C13H18F3N. The molecule has 0 fully saturated rings. The van der Waals surface area contributed by atoms with Crippen molar-refractivity contribution in [2.75, 3.05) is 6.54 Å². The van der Waals surface area contributed by atoms with E-state index in [0.29, 0.717) is 12.1 Å². The summed E-state index contributed by atoms with van der Waals surface area (Å²) in [4.78, 5) is 0. The van der Waals surface area contributed by atoms with Crippen LogP contribution in [-0.2, 0) is 0 Å². The molecule has 0 saturated heterocycles. The highest BCUT2D eigenvalue weighted by atomic mass is 19.3. The van der Waals surface area contributed by atoms with E-state index in [1.165, 1.54) is 6.07 Å². The lowest BCUT2D eigenvalue weighted by atomic mass is 9.98. The zero-order valence-electron chi connectivity index (χ0n) is 10.4. The minimum Gasteiger partial charge on any atom is -0.305 e. The number of aryl methyl sites for hydroxylation is 2. The molecule has 0 radical (unpaired) electrons. The summed E-state index contributed by atoms with van der Waals surface area (Å²) >= 11 is 0. The first-order valence-electron chi connectivity index (χ1n) is 5.75. The standard InChI is InChI=1S/C13H18F3N/c1-4-5-17-12(13(15)16)11-9(3)6-8(2)7-10(11)14/h6-7,12-13,17H,4-5H2,1-3H3. The quantitative estimate of drug-likeness (QED) is 0.833. The summed E-state index contributed by atoms with van der Waals surface area (Å²) in [6.45, 7) is 5.74. The van der Waals surface area contributed by atoms with Gasteiger partial charge in [-0.05, 0) is 44.0 Å². The second-order valence-corrected chi connectivity index (χ2v) is 4.24. The van der Waals surface area contributed by atoms with E-state index in [-0.39, 0.29) is 5.56 Å². The van der Waals surface area contributed by atoms with Crippen LogP contribution in [0.25, 0.3) is 0 Å². The number of halogens is 3. The molecule has 0 spiro atoms. The molecule has 0 saturated carbocycles. The lowest BCUT2D eigenvalue weighted by molar-refractivity contribution is 0.0964. The summed E-state index contributed by atoms with van der Waals surface area (Å²) in [5, 5.41) is 2.70. The fraction of sp³-hybridized carbons (Fsp3) is 0.538. The van der Waals surface area contributed by atoms with Gasteiger partial charge >= 0.3 is 0 Å². The van der Waals surface area contributed by atoms with Crippen molar-refractivity contribution in [3.05, 3.63) is 34.6 Å². The number of nitrogens with one attached hydrogen (secondary N) is 1. The first-order chi connectivity index (χ1) is 7.97. The minimum atomic E-state index is -2.61. The Morgan fingerprint density at radius 2 is 1.88 bits per heavy atom. The maximum absolute atomic E-state index is 13.8. The van der Waals surface area contributed by atoms with Crippen LogP contribution in [0, 0.1) is 19.7 Å². The molecule has 1 aromatic carbocycles. The van der Waals surface area contributed by atoms with E-state index in [0.717, 1.165) is 12.0 Å². The summed E-state index contributed by atoms with van der Waals surface area (Å²) < 4.78 is 39.7. The minimum absolute atomic E-state index is 0.0825. The molecule has 0 heterocycles. The van der Waals surface area contributed by atoms with Gasteiger partial charge in [-0.2, -0.15) is 0 Å². The van der Waals surface area contributed by atoms with E-state index in [9.17, 15) is 13.2 Å². The second kappa shape index (κ2) is 6.05. The molecule has 1 unspecified atom stereocenters. The van der Waals surface area contributed by atoms with Crippen molar-refractivity contribution in [1.29, 1.82) is 0 Å². The molecular weight excluding hydrogens is 227 g/mol. The number of alkyl halides is 2. The fourth-order valence-electron chi connectivity index (χ4n) is 1.94. The largest absolute Gasteiger partial charge is 0.305 e. The van der Waals surface area contributed by atoms with Gasteiger partial charge in [-0.1, -0.05) is 13.0 Å². The van der Waals surface area contributed by atoms with Crippen molar-refractivity contribution in [2.45, 2.75) is 39.7 Å². The average Bonchev–Trinajstić information content (AvgIpc) is 2.20. The van der Waals surface area contributed by atoms with Crippen molar-refractivity contribution in [2.24, 2.45) is 0 Å². The normalized spacial score (nSPS) is 13.1. The van der Waals surface area contributed by atoms with Crippen molar-refractivity contribution < 1.29 is 13.2 Å². The first kappa shape index (κ1) is 14.0. The summed E-state index contributed by atoms with van der Waals surface area (Å²) in [6.07, 6.45) is -1.88. The van der Waals surface area contributed by atoms with Crippen LogP contribution in [0.4, 0.5) is 13.2 Å². The van der Waals surface area contributed by atoms with Crippen LogP contribution in [0.15, 0.2) is 12.1 Å². The highest BCUT2D eigenvalue weighted by Crippen LogP contribution is 2.27. The van der Waals surface area contributed by atoms with Crippen molar-refractivity contribution >= 4 is 0 Å². The molecule has 0 aromatic heterocycles. The Bertz CT molecular complexity index is 354. The number of hydrogen-bond acceptors (Lipinski definition) is 1. The summed E-state index contributed by atoms with van der Waals surface area (Å²) in [5.74, 6) is -0.559. The Hall–Kier alpha value is -1.03. The zero-order chi connectivity index (χ0) is 13.0. The predicted octanol–water partition coefficient (Wildman–Crippen LogP) is 3.75. The van der Waals surface area contributed by atoms with E-state index in [1.54, 1.807) is 19.9 Å². The highest BCUT2D eigenvalue weighted by molar-refractivity contribution is 5.34. The summed E-state index contributed by atoms with van der Waals surface area (Å²) in [5.41, 5.74) is 1.39. The van der Waals surface area contributed by atoms with Gasteiger partial charge in [0, 0.05) is 5.56 Å². The third-order valence-electron chi connectivity index (χ3n) is 2.66. The summed E-state index contributed by atoms with van der Waals surface area (Å²) in [7, 11) is 0. The summed E-state index contributed by atoms with van der Waals surface area (Å²) in [6, 6.07) is 1.79. The van der Waals surface area contributed by atoms with E-state index in [1.807, 2.05) is 6.92 Å². The molecule has 1 rings (SSSR count). The molecule has 96 valence electrons. The van der Waals surface area contributed by atoms with Crippen molar-refractivity contribution in [3.63, 3.8) is 0 Å². The highest BCUT2D eigenvalue weighted by Gasteiger charge is 2.26. The average molecular weight is 245 g/mol. The molecule has 17 heavy (non-hydrogen) atoms. The van der Waals surface area contributed by atoms with Crippen molar-refractivity contribution in [1.82, 2.24) is 5.32 Å². The van der Waals surface area contributed by atoms with Crippen LogP contribution in [0.5, 0.6) is 0 Å². The van der Waals surface area contributed by atoms with E-state index in [4.69, 9.17) is 0 Å². The molecule has 0 bridgehead atoms.